The smallest absolute Gasteiger partial charge is 0.303 e. The molecule has 27 heavy (non-hydrogen) atoms. The molecule has 1 N–H and O–H groups in total. The summed E-state index contributed by atoms with van der Waals surface area (Å²) in [5.41, 5.74) is 3.86. The number of nitrogens with zero attached hydrogens (tertiary/aromatic N) is 2. The van der Waals surface area contributed by atoms with Crippen molar-refractivity contribution >= 4 is 17.7 Å². The molecule has 0 aliphatic carbocycles. The van der Waals surface area contributed by atoms with Crippen molar-refractivity contribution in [3.63, 3.8) is 0 Å². The van der Waals surface area contributed by atoms with Gasteiger partial charge < -0.3 is 5.11 Å². The lowest BCUT2D eigenvalue weighted by Gasteiger charge is -2.19. The Hall–Kier alpha value is -2.08. The van der Waals surface area contributed by atoms with Crippen molar-refractivity contribution in [2.24, 2.45) is 7.05 Å². The van der Waals surface area contributed by atoms with Gasteiger partial charge in [-0.05, 0) is 29.9 Å². The van der Waals surface area contributed by atoms with Gasteiger partial charge in [0, 0.05) is 36.9 Å². The molecule has 1 aromatic carbocycles. The number of aromatic nitrogens is 2. The zero-order chi connectivity index (χ0) is 20.2. The lowest BCUT2D eigenvalue weighted by atomic mass is 9.86. The Balaban J connectivity index is 2.17. The predicted molar refractivity (Wildman–Crippen MR) is 110 cm³/mol. The molecular formula is C21H28N2O3S. The van der Waals surface area contributed by atoms with Gasteiger partial charge in [0.25, 0.3) is 5.56 Å². The number of hydrogen-bond donors (Lipinski definition) is 1. The summed E-state index contributed by atoms with van der Waals surface area (Å²) in [6.07, 6.45) is 1.24. The van der Waals surface area contributed by atoms with Crippen molar-refractivity contribution in [2.75, 3.05) is 5.75 Å². The topological polar surface area (TPSA) is 72.2 Å². The molecule has 0 fully saturated rings. The van der Waals surface area contributed by atoms with Crippen molar-refractivity contribution < 1.29 is 9.90 Å². The van der Waals surface area contributed by atoms with Crippen LogP contribution in [0, 0.1) is 6.92 Å². The van der Waals surface area contributed by atoms with E-state index in [1.165, 1.54) is 17.3 Å². The maximum Gasteiger partial charge on any atom is 0.303 e. The van der Waals surface area contributed by atoms with E-state index in [1.807, 2.05) is 6.92 Å². The van der Waals surface area contributed by atoms with Crippen LogP contribution < -0.4 is 5.56 Å². The summed E-state index contributed by atoms with van der Waals surface area (Å²) < 4.78 is 1.57. The molecule has 0 aliphatic rings. The summed E-state index contributed by atoms with van der Waals surface area (Å²) in [5, 5.41) is 9.35. The van der Waals surface area contributed by atoms with E-state index in [4.69, 9.17) is 5.11 Å². The van der Waals surface area contributed by atoms with Gasteiger partial charge in [0.2, 0.25) is 0 Å². The van der Waals surface area contributed by atoms with Gasteiger partial charge in [-0.25, -0.2) is 4.98 Å². The van der Waals surface area contributed by atoms with E-state index < -0.39 is 5.97 Å². The average Bonchev–Trinajstić information content (AvgIpc) is 2.59. The van der Waals surface area contributed by atoms with Crippen molar-refractivity contribution in [3.05, 3.63) is 57.0 Å². The third-order valence-electron chi connectivity index (χ3n) is 4.52. The van der Waals surface area contributed by atoms with Crippen LogP contribution in [0.4, 0.5) is 0 Å². The fourth-order valence-corrected chi connectivity index (χ4v) is 3.73. The van der Waals surface area contributed by atoms with E-state index in [0.717, 1.165) is 11.3 Å². The van der Waals surface area contributed by atoms with Crippen LogP contribution in [0.15, 0.2) is 34.2 Å². The number of thioether (sulfide) groups is 1. The second-order valence-electron chi connectivity index (χ2n) is 7.79. The molecule has 6 heteroatoms. The van der Waals surface area contributed by atoms with Gasteiger partial charge in [-0.2, -0.15) is 0 Å². The molecule has 0 radical (unpaired) electrons. The third kappa shape index (κ3) is 5.70. The molecule has 0 spiro atoms. The largest absolute Gasteiger partial charge is 0.481 e. The minimum atomic E-state index is -0.804. The first-order chi connectivity index (χ1) is 12.6. The van der Waals surface area contributed by atoms with Gasteiger partial charge in [0.05, 0.1) is 0 Å². The van der Waals surface area contributed by atoms with Crippen molar-refractivity contribution in [2.45, 2.75) is 57.5 Å². The zero-order valence-corrected chi connectivity index (χ0v) is 17.5. The summed E-state index contributed by atoms with van der Waals surface area (Å²) in [5.74, 6) is -0.180. The number of carboxylic acids is 1. The minimum Gasteiger partial charge on any atom is -0.481 e. The third-order valence-corrected chi connectivity index (χ3v) is 5.63. The van der Waals surface area contributed by atoms with Gasteiger partial charge in [-0.1, -0.05) is 56.8 Å². The molecule has 1 aromatic heterocycles. The van der Waals surface area contributed by atoms with E-state index in [0.29, 0.717) is 29.3 Å². The van der Waals surface area contributed by atoms with Gasteiger partial charge >= 0.3 is 5.97 Å². The Morgan fingerprint density at radius 2 is 1.85 bits per heavy atom. The molecule has 1 heterocycles. The Morgan fingerprint density at radius 1 is 1.22 bits per heavy atom. The summed E-state index contributed by atoms with van der Waals surface area (Å²) in [6, 6.07) is 8.40. The van der Waals surface area contributed by atoms with E-state index in [2.05, 4.69) is 50.0 Å². The predicted octanol–water partition coefficient (Wildman–Crippen LogP) is 3.93. The maximum atomic E-state index is 12.8. The quantitative estimate of drug-likeness (QED) is 0.442. The molecule has 0 bridgehead atoms. The SMILES string of the molecule is Cc1nc(SCCCC(=O)O)n(C)c(=O)c1Cc1ccc(C(C)(C)C)cc1. The van der Waals surface area contributed by atoms with E-state index in [-0.39, 0.29) is 17.4 Å². The van der Waals surface area contributed by atoms with Crippen LogP contribution in [0.25, 0.3) is 0 Å². The summed E-state index contributed by atoms with van der Waals surface area (Å²) >= 11 is 1.43. The zero-order valence-electron chi connectivity index (χ0n) is 16.7. The summed E-state index contributed by atoms with van der Waals surface area (Å²) in [7, 11) is 1.72. The highest BCUT2D eigenvalue weighted by atomic mass is 32.2. The number of hydrogen-bond acceptors (Lipinski definition) is 4. The highest BCUT2D eigenvalue weighted by molar-refractivity contribution is 7.99. The molecule has 0 amide bonds. The number of benzene rings is 1. The first-order valence-electron chi connectivity index (χ1n) is 9.10. The number of aliphatic carboxylic acids is 1. The van der Waals surface area contributed by atoms with Crippen molar-refractivity contribution in [1.29, 1.82) is 0 Å². The highest BCUT2D eigenvalue weighted by Crippen LogP contribution is 2.23. The standard InChI is InChI=1S/C21H28N2O3S/c1-14-17(13-15-8-10-16(11-9-15)21(2,3)4)19(26)23(5)20(22-14)27-12-6-7-18(24)25/h8-11H,6-7,12-13H2,1-5H3,(H,24,25). The first-order valence-corrected chi connectivity index (χ1v) is 10.1. The monoisotopic (exact) mass is 388 g/mol. The lowest BCUT2D eigenvalue weighted by molar-refractivity contribution is -0.137. The molecule has 2 aromatic rings. The number of rotatable bonds is 7. The Kier molecular flexibility index (Phi) is 6.87. The second kappa shape index (κ2) is 8.74. The Bertz CT molecular complexity index is 865. The van der Waals surface area contributed by atoms with E-state index in [1.54, 1.807) is 11.6 Å². The second-order valence-corrected chi connectivity index (χ2v) is 8.85. The van der Waals surface area contributed by atoms with E-state index >= 15 is 0 Å². The van der Waals surface area contributed by atoms with Crippen LogP contribution in [-0.4, -0.2) is 26.4 Å². The van der Waals surface area contributed by atoms with Crippen LogP contribution in [-0.2, 0) is 23.7 Å². The van der Waals surface area contributed by atoms with Crippen LogP contribution in [0.5, 0.6) is 0 Å². The van der Waals surface area contributed by atoms with Crippen molar-refractivity contribution in [3.8, 4) is 0 Å². The van der Waals surface area contributed by atoms with Gasteiger partial charge in [-0.3, -0.25) is 14.2 Å². The molecule has 0 aliphatic heterocycles. The Labute approximate surface area is 164 Å². The van der Waals surface area contributed by atoms with Crippen LogP contribution in [0.2, 0.25) is 0 Å². The average molecular weight is 389 g/mol. The number of aryl methyl sites for hydroxylation is 1. The fourth-order valence-electron chi connectivity index (χ4n) is 2.78. The summed E-state index contributed by atoms with van der Waals surface area (Å²) in [6.45, 7) is 8.40. The van der Waals surface area contributed by atoms with Crippen molar-refractivity contribution in [1.82, 2.24) is 9.55 Å². The van der Waals surface area contributed by atoms with Crippen LogP contribution in [0.1, 0.15) is 56.0 Å². The van der Waals surface area contributed by atoms with Gasteiger partial charge in [0.15, 0.2) is 5.16 Å². The normalized spacial score (nSPS) is 11.6. The molecular weight excluding hydrogens is 360 g/mol. The Morgan fingerprint density at radius 3 is 2.41 bits per heavy atom. The van der Waals surface area contributed by atoms with Crippen LogP contribution >= 0.6 is 11.8 Å². The molecule has 0 unspecified atom stereocenters. The molecule has 0 saturated heterocycles. The number of carbonyl (C=O) groups is 1. The van der Waals surface area contributed by atoms with Gasteiger partial charge in [-0.15, -0.1) is 0 Å². The van der Waals surface area contributed by atoms with Crippen LogP contribution in [0.3, 0.4) is 0 Å². The van der Waals surface area contributed by atoms with Gasteiger partial charge in [0.1, 0.15) is 0 Å². The molecule has 5 nitrogen and oxygen atoms in total. The first kappa shape index (κ1) is 21.2. The maximum absolute atomic E-state index is 12.8. The summed E-state index contributed by atoms with van der Waals surface area (Å²) in [4.78, 5) is 28.0. The lowest BCUT2D eigenvalue weighted by Crippen LogP contribution is -2.26. The molecule has 2 rings (SSSR count). The molecule has 0 atom stereocenters. The van der Waals surface area contributed by atoms with E-state index in [9.17, 15) is 9.59 Å². The molecule has 146 valence electrons. The molecule has 0 saturated carbocycles. The highest BCUT2D eigenvalue weighted by Gasteiger charge is 2.15. The fraction of sp³-hybridized carbons (Fsp3) is 0.476. The minimum absolute atomic E-state index is 0.0388. The number of carboxylic acid groups (broad SMARTS) is 1.